The van der Waals surface area contributed by atoms with Gasteiger partial charge in [0.2, 0.25) is 0 Å². The molecule has 0 unspecified atom stereocenters. The first kappa shape index (κ1) is 22.5. The zero-order valence-corrected chi connectivity index (χ0v) is 13.0. The molecule has 46 valence electrons. The normalized spacial score (nSPS) is 7.50. The summed E-state index contributed by atoms with van der Waals surface area (Å²) in [5.74, 6) is 0. The Morgan fingerprint density at radius 1 is 0.875 bits per heavy atom. The van der Waals surface area contributed by atoms with Gasteiger partial charge in [0.05, 0.1) is 0 Å². The second-order valence-electron chi connectivity index (χ2n) is 0.600. The van der Waals surface area contributed by atoms with Gasteiger partial charge in [-0.3, -0.25) is 0 Å². The predicted octanol–water partition coefficient (Wildman–Crippen LogP) is -4.07. The van der Waals surface area contributed by atoms with E-state index in [1.165, 1.54) is 0 Å². The summed E-state index contributed by atoms with van der Waals surface area (Å²) in [7, 11) is 0. The van der Waals surface area contributed by atoms with Crippen LogP contribution in [0.25, 0.3) is 0 Å². The molecular weight excluding hydrogens is 435 g/mol. The maximum absolute atomic E-state index is 7.38. The molecule has 0 saturated heterocycles. The molecule has 0 aromatic heterocycles. The van der Waals surface area contributed by atoms with E-state index in [4.69, 9.17) is 14.8 Å². The van der Waals surface area contributed by atoms with Gasteiger partial charge in [-0.25, -0.2) is 0 Å². The summed E-state index contributed by atoms with van der Waals surface area (Å²) in [6.07, 6.45) is 0. The Bertz CT molecular complexity index is 31.5. The van der Waals surface area contributed by atoms with Gasteiger partial charge in [0.25, 0.3) is 0 Å². The molecule has 8 heavy (non-hydrogen) atoms. The molecule has 0 aromatic rings. The minimum absolute atomic E-state index is 0. The molecule has 0 bridgehead atoms. The fraction of sp³-hybridized carbons (Fsp3) is 0. The SMILES string of the molecule is [MgH2].[OH][Ti]([OH])([OH])[OH].[PbH2].[Zr]. The van der Waals surface area contributed by atoms with E-state index in [1.54, 1.807) is 0 Å². The third-order valence-electron chi connectivity index (χ3n) is 0. The molecule has 4 nitrogen and oxygen atoms in total. The predicted molar refractivity (Wildman–Crippen MR) is 26.0 cm³/mol. The number of rotatable bonds is 0. The van der Waals surface area contributed by atoms with Crippen molar-refractivity contribution < 1.29 is 59.1 Å². The van der Waals surface area contributed by atoms with E-state index in [0.717, 1.165) is 0 Å². The molecule has 0 aliphatic rings. The quantitative estimate of drug-likeness (QED) is 0.288. The van der Waals surface area contributed by atoms with Gasteiger partial charge in [-0.15, -0.1) is 0 Å². The molecule has 0 rings (SSSR count). The first-order chi connectivity index (χ1) is 2.00. The van der Waals surface area contributed by atoms with Crippen molar-refractivity contribution in [1.29, 1.82) is 0 Å². The fourth-order valence-corrected chi connectivity index (χ4v) is 0. The molecule has 2 radical (unpaired) electrons. The minimum atomic E-state index is -5.00. The van der Waals surface area contributed by atoms with Crippen LogP contribution >= 0.6 is 0 Å². The third-order valence-corrected chi connectivity index (χ3v) is 0. The van der Waals surface area contributed by atoms with Crippen molar-refractivity contribution in [2.24, 2.45) is 0 Å². The van der Waals surface area contributed by atoms with Crippen LogP contribution in [-0.4, -0.2) is 65.1 Å². The Balaban J connectivity index is -0.0000000267. The van der Waals surface area contributed by atoms with E-state index >= 15 is 0 Å². The van der Waals surface area contributed by atoms with Crippen molar-refractivity contribution >= 4 is 50.4 Å². The zero-order valence-electron chi connectivity index (χ0n) is 3.50. The van der Waals surface area contributed by atoms with E-state index in [9.17, 15) is 0 Å². The van der Waals surface area contributed by atoms with Crippen molar-refractivity contribution in [2.45, 2.75) is 0 Å². The molecule has 0 aromatic carbocycles. The standard InChI is InChI=1S/Mg.4H2O.Pb.Ti.Zr.4H/h;4*1H2;;;;;;;/q;;;;;;+4;;;;;/p-4. The first-order valence-corrected chi connectivity index (χ1v) is 3.69. The summed E-state index contributed by atoms with van der Waals surface area (Å²) in [6, 6.07) is 0. The molecule has 0 aliphatic heterocycles. The summed E-state index contributed by atoms with van der Waals surface area (Å²) < 4.78 is 29.5. The van der Waals surface area contributed by atoms with Crippen molar-refractivity contribution in [3.8, 4) is 0 Å². The molecule has 0 amide bonds. The Morgan fingerprint density at radius 3 is 0.875 bits per heavy atom. The van der Waals surface area contributed by atoms with Gasteiger partial charge >= 0.3 is 83.2 Å². The van der Waals surface area contributed by atoms with Crippen molar-refractivity contribution in [3.63, 3.8) is 0 Å². The number of hydrogen-bond donors (Lipinski definition) is 4. The summed E-state index contributed by atoms with van der Waals surface area (Å²) in [4.78, 5) is 0. The second-order valence-corrected chi connectivity index (χ2v) is 2.47. The fourth-order valence-electron chi connectivity index (χ4n) is 0. The summed E-state index contributed by atoms with van der Waals surface area (Å²) in [6.45, 7) is 0. The molecule has 0 atom stereocenters. The average molecular weight is 443 g/mol. The molecular formula is H8MgO4PbTiZr. The van der Waals surface area contributed by atoms with E-state index in [0.29, 0.717) is 0 Å². The second kappa shape index (κ2) is 10.1. The van der Waals surface area contributed by atoms with Gasteiger partial charge < -0.3 is 0 Å². The van der Waals surface area contributed by atoms with Crippen molar-refractivity contribution in [1.82, 2.24) is 0 Å². The van der Waals surface area contributed by atoms with E-state index in [1.807, 2.05) is 0 Å². The van der Waals surface area contributed by atoms with Gasteiger partial charge in [-0.05, 0) is 0 Å². The Hall–Kier alpha value is 3.13. The van der Waals surface area contributed by atoms with Gasteiger partial charge in [-0.2, -0.15) is 0 Å². The molecule has 8 heteroatoms. The average Bonchev–Trinajstić information content (AvgIpc) is 0.722. The van der Waals surface area contributed by atoms with Gasteiger partial charge in [0, 0.05) is 26.2 Å². The van der Waals surface area contributed by atoms with Crippen LogP contribution in [0.4, 0.5) is 0 Å². The monoisotopic (exact) mass is 442 g/mol. The molecule has 0 heterocycles. The third kappa shape index (κ3) is 61.7. The Labute approximate surface area is 107 Å². The van der Waals surface area contributed by atoms with Crippen LogP contribution in [0.5, 0.6) is 0 Å². The van der Waals surface area contributed by atoms with Gasteiger partial charge in [-0.1, -0.05) is 0 Å². The summed E-state index contributed by atoms with van der Waals surface area (Å²) in [5, 5.41) is 0. The molecule has 0 saturated carbocycles. The molecule has 0 spiro atoms. The van der Waals surface area contributed by atoms with Crippen LogP contribution in [0, 0.1) is 0 Å². The zero-order chi connectivity index (χ0) is 4.50. The Kier molecular flexibility index (Phi) is 28.4. The van der Waals surface area contributed by atoms with Crippen LogP contribution < -0.4 is 0 Å². The van der Waals surface area contributed by atoms with Crippen LogP contribution in [-0.2, 0) is 44.3 Å². The van der Waals surface area contributed by atoms with E-state index < -0.39 is 18.1 Å². The van der Waals surface area contributed by atoms with Crippen molar-refractivity contribution in [3.05, 3.63) is 0 Å². The molecule has 0 aliphatic carbocycles. The largest absolute Gasteiger partial charge is 0 e. The van der Waals surface area contributed by atoms with Gasteiger partial charge in [0.15, 0.2) is 0 Å². The molecule has 4 N–H and O–H groups in total. The molecule has 0 fully saturated rings. The van der Waals surface area contributed by atoms with Crippen LogP contribution in [0.3, 0.4) is 0 Å². The minimum Gasteiger partial charge on any atom is 0 e. The van der Waals surface area contributed by atoms with Crippen LogP contribution in [0.2, 0.25) is 0 Å². The smallest absolute Gasteiger partial charge is 0 e. The van der Waals surface area contributed by atoms with Crippen molar-refractivity contribution in [2.75, 3.05) is 0 Å². The Morgan fingerprint density at radius 2 is 0.875 bits per heavy atom. The summed E-state index contributed by atoms with van der Waals surface area (Å²) >= 11 is -5.00. The maximum Gasteiger partial charge on any atom is 0 e. The van der Waals surface area contributed by atoms with Crippen LogP contribution in [0.15, 0.2) is 0 Å². The topological polar surface area (TPSA) is 80.9 Å². The first-order valence-electron chi connectivity index (χ1n) is 0.894. The van der Waals surface area contributed by atoms with E-state index in [-0.39, 0.29) is 76.6 Å². The van der Waals surface area contributed by atoms with Crippen LogP contribution in [0.1, 0.15) is 0 Å². The maximum atomic E-state index is 7.38. The van der Waals surface area contributed by atoms with E-state index in [2.05, 4.69) is 0 Å². The summed E-state index contributed by atoms with van der Waals surface area (Å²) in [5.41, 5.74) is 0. The van der Waals surface area contributed by atoms with Gasteiger partial charge in [0.1, 0.15) is 0 Å². The number of hydrogen-bond acceptors (Lipinski definition) is 4.